The van der Waals surface area contributed by atoms with Crippen LogP contribution in [-0.2, 0) is 13.2 Å². The predicted molar refractivity (Wildman–Crippen MR) is 120 cm³/mol. The van der Waals surface area contributed by atoms with Crippen LogP contribution in [0, 0.1) is 5.82 Å². The summed E-state index contributed by atoms with van der Waals surface area (Å²) in [6, 6.07) is 21.0. The second-order valence-corrected chi connectivity index (χ2v) is 7.36. The van der Waals surface area contributed by atoms with Gasteiger partial charge in [0.25, 0.3) is 0 Å². The van der Waals surface area contributed by atoms with E-state index in [-0.39, 0.29) is 30.9 Å². The van der Waals surface area contributed by atoms with Crippen LogP contribution >= 0.6 is 28.3 Å². The lowest BCUT2D eigenvalue weighted by Gasteiger charge is -2.17. The highest BCUT2D eigenvalue weighted by molar-refractivity contribution is 9.10. The molecule has 1 N–H and O–H groups in total. The van der Waals surface area contributed by atoms with Gasteiger partial charge in [-0.3, -0.25) is 0 Å². The van der Waals surface area contributed by atoms with Crippen molar-refractivity contribution in [3.8, 4) is 11.5 Å². The van der Waals surface area contributed by atoms with E-state index in [2.05, 4.69) is 40.3 Å². The van der Waals surface area contributed by atoms with Gasteiger partial charge in [-0.1, -0.05) is 48.5 Å². The largest absolute Gasteiger partial charge is 0.493 e. The van der Waals surface area contributed by atoms with Crippen molar-refractivity contribution in [3.63, 3.8) is 0 Å². The molecule has 29 heavy (non-hydrogen) atoms. The molecule has 0 radical (unpaired) electrons. The lowest BCUT2D eigenvalue weighted by atomic mass is 10.1. The second kappa shape index (κ2) is 11.2. The minimum Gasteiger partial charge on any atom is -0.493 e. The van der Waals surface area contributed by atoms with Gasteiger partial charge in [-0.15, -0.1) is 12.4 Å². The molecule has 3 nitrogen and oxygen atoms in total. The van der Waals surface area contributed by atoms with Crippen molar-refractivity contribution in [1.82, 2.24) is 5.32 Å². The molecular weight excluding hydrogens is 457 g/mol. The van der Waals surface area contributed by atoms with E-state index in [1.54, 1.807) is 25.3 Å². The number of methoxy groups -OCH3 is 1. The molecular formula is C23H24BrClFNO2. The Bertz CT molecular complexity index is 924. The molecule has 3 aromatic rings. The van der Waals surface area contributed by atoms with Gasteiger partial charge in [-0.05, 0) is 52.2 Å². The third kappa shape index (κ3) is 6.20. The molecule has 0 aliphatic heterocycles. The highest BCUT2D eigenvalue weighted by Gasteiger charge is 2.14. The zero-order chi connectivity index (χ0) is 19.9. The predicted octanol–water partition coefficient (Wildman–Crippen LogP) is 6.45. The molecule has 0 spiro atoms. The van der Waals surface area contributed by atoms with Gasteiger partial charge in [0.15, 0.2) is 11.5 Å². The average Bonchev–Trinajstić information content (AvgIpc) is 2.72. The van der Waals surface area contributed by atoms with Crippen LogP contribution in [0.4, 0.5) is 4.39 Å². The highest BCUT2D eigenvalue weighted by atomic mass is 79.9. The summed E-state index contributed by atoms with van der Waals surface area (Å²) in [5.74, 6) is 0.883. The number of hydrogen-bond acceptors (Lipinski definition) is 3. The Kier molecular flexibility index (Phi) is 8.96. The number of hydrogen-bond donors (Lipinski definition) is 1. The molecule has 0 aliphatic rings. The molecule has 6 heteroatoms. The molecule has 1 unspecified atom stereocenters. The first-order valence-corrected chi connectivity index (χ1v) is 9.88. The van der Waals surface area contributed by atoms with Gasteiger partial charge in [-0.25, -0.2) is 4.39 Å². The van der Waals surface area contributed by atoms with Gasteiger partial charge < -0.3 is 14.8 Å². The van der Waals surface area contributed by atoms with E-state index in [9.17, 15) is 4.39 Å². The Balaban J connectivity index is 0.00000300. The lowest BCUT2D eigenvalue weighted by Crippen LogP contribution is -2.18. The van der Waals surface area contributed by atoms with Crippen molar-refractivity contribution < 1.29 is 13.9 Å². The molecule has 3 rings (SSSR count). The molecule has 0 saturated carbocycles. The topological polar surface area (TPSA) is 30.5 Å². The van der Waals surface area contributed by atoms with Crippen molar-refractivity contribution in [3.05, 3.63) is 93.7 Å². The van der Waals surface area contributed by atoms with E-state index in [4.69, 9.17) is 9.47 Å². The first-order valence-electron chi connectivity index (χ1n) is 9.09. The van der Waals surface area contributed by atoms with Crippen LogP contribution in [-0.4, -0.2) is 7.11 Å². The van der Waals surface area contributed by atoms with Crippen molar-refractivity contribution in [2.24, 2.45) is 0 Å². The van der Waals surface area contributed by atoms with Crippen LogP contribution in [0.15, 0.2) is 71.2 Å². The van der Waals surface area contributed by atoms with E-state index < -0.39 is 0 Å². The summed E-state index contributed by atoms with van der Waals surface area (Å²) in [4.78, 5) is 0. The molecule has 0 saturated heterocycles. The molecule has 1 atom stereocenters. The van der Waals surface area contributed by atoms with Gasteiger partial charge in [-0.2, -0.15) is 0 Å². The number of halogens is 3. The highest BCUT2D eigenvalue weighted by Crippen LogP contribution is 2.37. The monoisotopic (exact) mass is 479 g/mol. The van der Waals surface area contributed by atoms with Gasteiger partial charge in [0.1, 0.15) is 12.4 Å². The van der Waals surface area contributed by atoms with Crippen molar-refractivity contribution in [2.45, 2.75) is 26.1 Å². The Morgan fingerprint density at radius 3 is 2.41 bits per heavy atom. The Morgan fingerprint density at radius 2 is 1.72 bits per heavy atom. The maximum Gasteiger partial charge on any atom is 0.175 e. The molecule has 154 valence electrons. The number of ether oxygens (including phenoxy) is 2. The third-order valence-corrected chi connectivity index (χ3v) is 5.12. The van der Waals surface area contributed by atoms with Crippen LogP contribution in [0.25, 0.3) is 0 Å². The second-order valence-electron chi connectivity index (χ2n) is 6.50. The fraction of sp³-hybridized carbons (Fsp3) is 0.217. The van der Waals surface area contributed by atoms with E-state index in [1.165, 1.54) is 11.6 Å². The minimum atomic E-state index is -0.284. The first kappa shape index (κ1) is 23.2. The third-order valence-electron chi connectivity index (χ3n) is 4.53. The van der Waals surface area contributed by atoms with Gasteiger partial charge in [0, 0.05) is 18.2 Å². The number of rotatable bonds is 8. The van der Waals surface area contributed by atoms with Crippen LogP contribution in [0.2, 0.25) is 0 Å². The van der Waals surface area contributed by atoms with Crippen LogP contribution in [0.1, 0.15) is 29.7 Å². The Labute approximate surface area is 185 Å². The van der Waals surface area contributed by atoms with Crippen LogP contribution < -0.4 is 14.8 Å². The summed E-state index contributed by atoms with van der Waals surface area (Å²) in [7, 11) is 1.60. The summed E-state index contributed by atoms with van der Waals surface area (Å²) in [5, 5.41) is 3.51. The first-order chi connectivity index (χ1) is 13.6. The van der Waals surface area contributed by atoms with Crippen LogP contribution in [0.5, 0.6) is 11.5 Å². The summed E-state index contributed by atoms with van der Waals surface area (Å²) >= 11 is 3.56. The van der Waals surface area contributed by atoms with E-state index in [1.807, 2.05) is 30.3 Å². The molecule has 0 heterocycles. The maximum absolute atomic E-state index is 13.8. The number of nitrogens with one attached hydrogen (secondary N) is 1. The molecule has 0 aliphatic carbocycles. The van der Waals surface area contributed by atoms with E-state index in [0.717, 1.165) is 10.0 Å². The van der Waals surface area contributed by atoms with Gasteiger partial charge in [0.2, 0.25) is 0 Å². The lowest BCUT2D eigenvalue weighted by molar-refractivity contribution is 0.277. The Hall–Kier alpha value is -2.08. The molecule has 3 aromatic carbocycles. The zero-order valence-corrected chi connectivity index (χ0v) is 18.7. The van der Waals surface area contributed by atoms with Crippen molar-refractivity contribution in [2.75, 3.05) is 7.11 Å². The fourth-order valence-corrected chi connectivity index (χ4v) is 3.52. The normalized spacial score (nSPS) is 11.4. The van der Waals surface area contributed by atoms with Gasteiger partial charge in [0.05, 0.1) is 11.6 Å². The van der Waals surface area contributed by atoms with E-state index in [0.29, 0.717) is 23.6 Å². The summed E-state index contributed by atoms with van der Waals surface area (Å²) in [5.41, 5.74) is 2.79. The van der Waals surface area contributed by atoms with Crippen molar-refractivity contribution in [1.29, 1.82) is 0 Å². The quantitative estimate of drug-likeness (QED) is 0.402. The maximum atomic E-state index is 13.8. The Morgan fingerprint density at radius 1 is 1.03 bits per heavy atom. The van der Waals surface area contributed by atoms with Gasteiger partial charge >= 0.3 is 0 Å². The minimum absolute atomic E-state index is 0. The summed E-state index contributed by atoms with van der Waals surface area (Å²) < 4.78 is 25.9. The van der Waals surface area contributed by atoms with Crippen LogP contribution in [0.3, 0.4) is 0 Å². The summed E-state index contributed by atoms with van der Waals surface area (Å²) in [6.45, 7) is 2.94. The van der Waals surface area contributed by atoms with Crippen molar-refractivity contribution >= 4 is 28.3 Å². The smallest absolute Gasteiger partial charge is 0.175 e. The zero-order valence-electron chi connectivity index (χ0n) is 16.3. The van der Waals surface area contributed by atoms with E-state index >= 15 is 0 Å². The average molecular weight is 481 g/mol. The molecule has 0 fully saturated rings. The number of benzene rings is 3. The fourth-order valence-electron chi connectivity index (χ4n) is 2.91. The molecule has 0 aromatic heterocycles. The SMILES string of the molecule is COc1cc(CNC(C)c2ccccc2)cc(Br)c1OCc1ccccc1F.Cl. The molecule has 0 amide bonds. The standard InChI is InChI=1S/C23H23BrFNO2.ClH/c1-16(18-8-4-3-5-9-18)26-14-17-12-20(24)23(22(13-17)27-2)28-15-19-10-6-7-11-21(19)25;/h3-13,16,26H,14-15H2,1-2H3;1H. The summed E-state index contributed by atoms with van der Waals surface area (Å²) in [6.07, 6.45) is 0. The molecule has 0 bridgehead atoms.